The lowest BCUT2D eigenvalue weighted by atomic mass is 10.3. The van der Waals surface area contributed by atoms with Gasteiger partial charge in [-0.25, -0.2) is 0 Å². The van der Waals surface area contributed by atoms with Crippen LogP contribution < -0.4 is 5.32 Å². The number of aryl methyl sites for hydroxylation is 1. The Balaban J connectivity index is 1.94. The van der Waals surface area contributed by atoms with Crippen LogP contribution in [0, 0.1) is 0 Å². The molecule has 2 rings (SSSR count). The first kappa shape index (κ1) is 14.1. The van der Waals surface area contributed by atoms with Crippen molar-refractivity contribution in [1.82, 2.24) is 20.4 Å². The molecule has 0 amide bonds. The van der Waals surface area contributed by atoms with E-state index in [0.717, 1.165) is 23.9 Å². The normalized spacial score (nSPS) is 11.2. The summed E-state index contributed by atoms with van der Waals surface area (Å²) in [6.07, 6.45) is 3.46. The molecule has 0 bridgehead atoms. The number of rotatable bonds is 6. The molecule has 5 nitrogen and oxygen atoms in total. The first-order valence-electron chi connectivity index (χ1n) is 6.33. The summed E-state index contributed by atoms with van der Waals surface area (Å²) in [5.41, 5.74) is 0.706. The number of hydrogen-bond acceptors (Lipinski definition) is 5. The summed E-state index contributed by atoms with van der Waals surface area (Å²) < 4.78 is 6.10. The van der Waals surface area contributed by atoms with E-state index in [9.17, 15) is 0 Å². The van der Waals surface area contributed by atoms with Crippen LogP contribution in [0.3, 0.4) is 0 Å². The van der Waals surface area contributed by atoms with Crippen molar-refractivity contribution >= 4 is 15.9 Å². The third kappa shape index (κ3) is 4.11. The van der Waals surface area contributed by atoms with Gasteiger partial charge >= 0.3 is 0 Å². The van der Waals surface area contributed by atoms with E-state index in [4.69, 9.17) is 4.52 Å². The number of pyridine rings is 1. The van der Waals surface area contributed by atoms with Gasteiger partial charge in [0, 0.05) is 23.1 Å². The number of aromatic nitrogens is 3. The molecule has 0 aromatic carbocycles. The molecular weight excluding hydrogens is 308 g/mol. The van der Waals surface area contributed by atoms with Gasteiger partial charge in [-0.05, 0) is 41.0 Å². The predicted octanol–water partition coefficient (Wildman–Crippen LogP) is 2.82. The minimum atomic E-state index is 0.503. The summed E-state index contributed by atoms with van der Waals surface area (Å²) >= 11 is 3.43. The molecule has 0 fully saturated rings. The third-order valence-electron chi connectivity index (χ3n) is 2.56. The quantitative estimate of drug-likeness (QED) is 0.828. The fourth-order valence-corrected chi connectivity index (χ4v) is 2.07. The average Bonchev–Trinajstić information content (AvgIpc) is 2.83. The molecule has 0 aliphatic heterocycles. The van der Waals surface area contributed by atoms with Gasteiger partial charge in [0.05, 0.1) is 0 Å². The Hall–Kier alpha value is -1.27. The summed E-state index contributed by atoms with van der Waals surface area (Å²) in [6.45, 7) is 5.20. The first-order chi connectivity index (χ1) is 9.16. The van der Waals surface area contributed by atoms with Crippen LogP contribution in [0.1, 0.15) is 26.2 Å². The van der Waals surface area contributed by atoms with Gasteiger partial charge in [-0.2, -0.15) is 4.98 Å². The van der Waals surface area contributed by atoms with Gasteiger partial charge in [-0.15, -0.1) is 0 Å². The Morgan fingerprint density at radius 1 is 1.42 bits per heavy atom. The van der Waals surface area contributed by atoms with E-state index in [0.29, 0.717) is 23.5 Å². The van der Waals surface area contributed by atoms with Crippen molar-refractivity contribution in [3.05, 3.63) is 28.7 Å². The summed E-state index contributed by atoms with van der Waals surface area (Å²) in [5.74, 6) is 1.18. The predicted molar refractivity (Wildman–Crippen MR) is 76.7 cm³/mol. The van der Waals surface area contributed by atoms with Gasteiger partial charge in [0.1, 0.15) is 5.69 Å². The van der Waals surface area contributed by atoms with Gasteiger partial charge in [-0.3, -0.25) is 4.98 Å². The molecular formula is C13H17BrN4O. The molecule has 102 valence electrons. The lowest BCUT2D eigenvalue weighted by Crippen LogP contribution is -2.23. The van der Waals surface area contributed by atoms with E-state index in [-0.39, 0.29) is 0 Å². The number of halogens is 1. The fraction of sp³-hybridized carbons (Fsp3) is 0.462. The highest BCUT2D eigenvalue weighted by Crippen LogP contribution is 2.22. The van der Waals surface area contributed by atoms with Crippen molar-refractivity contribution in [1.29, 1.82) is 0 Å². The number of nitrogens with one attached hydrogen (secondary N) is 1. The number of hydrogen-bond donors (Lipinski definition) is 1. The second kappa shape index (κ2) is 6.77. The van der Waals surface area contributed by atoms with Crippen LogP contribution in [0.15, 0.2) is 27.3 Å². The molecule has 0 saturated heterocycles. The highest BCUT2D eigenvalue weighted by Gasteiger charge is 2.12. The summed E-state index contributed by atoms with van der Waals surface area (Å²) in [4.78, 5) is 8.60. The maximum atomic E-state index is 5.23. The van der Waals surface area contributed by atoms with Crippen molar-refractivity contribution in [3.63, 3.8) is 0 Å². The van der Waals surface area contributed by atoms with Crippen LogP contribution in [0.2, 0.25) is 0 Å². The maximum absolute atomic E-state index is 5.23. The molecule has 0 saturated carbocycles. The molecule has 6 heteroatoms. The maximum Gasteiger partial charge on any atom is 0.227 e. The monoisotopic (exact) mass is 324 g/mol. The second-order valence-corrected chi connectivity index (χ2v) is 5.41. The van der Waals surface area contributed by atoms with Crippen LogP contribution in [-0.4, -0.2) is 27.7 Å². The minimum absolute atomic E-state index is 0.503. The molecule has 0 aliphatic rings. The van der Waals surface area contributed by atoms with Crippen molar-refractivity contribution < 1.29 is 4.52 Å². The van der Waals surface area contributed by atoms with Gasteiger partial charge in [0.2, 0.25) is 11.7 Å². The van der Waals surface area contributed by atoms with Crippen molar-refractivity contribution in [2.75, 3.05) is 6.54 Å². The lowest BCUT2D eigenvalue weighted by molar-refractivity contribution is 0.374. The van der Waals surface area contributed by atoms with Crippen LogP contribution in [0.25, 0.3) is 11.5 Å². The molecule has 0 atom stereocenters. The van der Waals surface area contributed by atoms with Gasteiger partial charge in [0.15, 0.2) is 0 Å². The summed E-state index contributed by atoms with van der Waals surface area (Å²) in [6, 6.07) is 4.26. The van der Waals surface area contributed by atoms with Gasteiger partial charge in [0.25, 0.3) is 0 Å². The van der Waals surface area contributed by atoms with E-state index in [1.54, 1.807) is 6.20 Å². The number of nitrogens with zero attached hydrogens (tertiary/aromatic N) is 3. The minimum Gasteiger partial charge on any atom is -0.339 e. The van der Waals surface area contributed by atoms with Gasteiger partial charge in [-0.1, -0.05) is 19.0 Å². The molecule has 0 unspecified atom stereocenters. The molecule has 19 heavy (non-hydrogen) atoms. The highest BCUT2D eigenvalue weighted by molar-refractivity contribution is 9.10. The molecule has 1 N–H and O–H groups in total. The van der Waals surface area contributed by atoms with E-state index in [1.165, 1.54) is 0 Å². The van der Waals surface area contributed by atoms with E-state index in [1.807, 2.05) is 12.1 Å². The van der Waals surface area contributed by atoms with Crippen molar-refractivity contribution in [2.24, 2.45) is 0 Å². The molecule has 0 radical (unpaired) electrons. The van der Waals surface area contributed by atoms with Crippen LogP contribution in [-0.2, 0) is 6.42 Å². The largest absolute Gasteiger partial charge is 0.339 e. The zero-order valence-electron chi connectivity index (χ0n) is 11.1. The van der Waals surface area contributed by atoms with Crippen molar-refractivity contribution in [2.45, 2.75) is 32.7 Å². The third-order valence-corrected chi connectivity index (χ3v) is 3.20. The van der Waals surface area contributed by atoms with Crippen LogP contribution >= 0.6 is 15.9 Å². The van der Waals surface area contributed by atoms with Gasteiger partial charge < -0.3 is 9.84 Å². The second-order valence-electron chi connectivity index (χ2n) is 4.56. The molecule has 2 aromatic heterocycles. The first-order valence-corrected chi connectivity index (χ1v) is 7.13. The van der Waals surface area contributed by atoms with E-state index in [2.05, 4.69) is 50.2 Å². The molecule has 2 heterocycles. The zero-order valence-corrected chi connectivity index (χ0v) is 12.6. The van der Waals surface area contributed by atoms with Crippen LogP contribution in [0.5, 0.6) is 0 Å². The Morgan fingerprint density at radius 3 is 3.00 bits per heavy atom. The summed E-state index contributed by atoms with van der Waals surface area (Å²) in [5, 5.41) is 7.32. The zero-order chi connectivity index (χ0) is 13.7. The van der Waals surface area contributed by atoms with E-state index < -0.39 is 0 Å². The van der Waals surface area contributed by atoms with E-state index >= 15 is 0 Å². The molecule has 0 spiro atoms. The fourth-order valence-electron chi connectivity index (χ4n) is 1.63. The highest BCUT2D eigenvalue weighted by atomic mass is 79.9. The Labute approximate surface area is 121 Å². The average molecular weight is 325 g/mol. The lowest BCUT2D eigenvalue weighted by Gasteiger charge is -2.05. The Bertz CT molecular complexity index is 527. The molecule has 0 aliphatic carbocycles. The molecule has 2 aromatic rings. The van der Waals surface area contributed by atoms with Crippen LogP contribution in [0.4, 0.5) is 0 Å². The SMILES string of the molecule is CC(C)NCCCc1nc(-c2ncccc2Br)no1. The topological polar surface area (TPSA) is 63.8 Å². The Kier molecular flexibility index (Phi) is 5.04. The van der Waals surface area contributed by atoms with Crippen molar-refractivity contribution in [3.8, 4) is 11.5 Å². The smallest absolute Gasteiger partial charge is 0.227 e. The Morgan fingerprint density at radius 2 is 2.26 bits per heavy atom. The summed E-state index contributed by atoms with van der Waals surface area (Å²) in [7, 11) is 0. The standard InChI is InChI=1S/C13H17BrN4O/c1-9(2)15-7-4-6-11-17-13(18-19-11)12-10(14)5-3-8-16-12/h3,5,8-9,15H,4,6-7H2,1-2H3.